The molecule has 2 saturated heterocycles. The molecular formula is C22H24F3N3O5. The second-order valence-corrected chi connectivity index (χ2v) is 8.25. The SMILES string of the molecule is O=C(Cc1cccnc1)N1CCCC2(CCN(C(=O)c3ccoc3)C2)C1.O=C(O)C(F)(F)F. The number of aliphatic carboxylic acids is 1. The largest absolute Gasteiger partial charge is 0.490 e. The first-order valence-corrected chi connectivity index (χ1v) is 10.4. The van der Waals surface area contributed by atoms with Crippen LogP contribution >= 0.6 is 0 Å². The molecule has 0 saturated carbocycles. The van der Waals surface area contributed by atoms with Gasteiger partial charge in [-0.25, -0.2) is 4.79 Å². The predicted octanol–water partition coefficient (Wildman–Crippen LogP) is 3.01. The summed E-state index contributed by atoms with van der Waals surface area (Å²) in [6, 6.07) is 5.50. The minimum absolute atomic E-state index is 0.0226. The van der Waals surface area contributed by atoms with Crippen molar-refractivity contribution in [1.82, 2.24) is 14.8 Å². The van der Waals surface area contributed by atoms with Crippen molar-refractivity contribution in [2.45, 2.75) is 31.9 Å². The van der Waals surface area contributed by atoms with E-state index in [2.05, 4.69) is 4.98 Å². The molecule has 1 N–H and O–H groups in total. The lowest BCUT2D eigenvalue weighted by Crippen LogP contribution is -2.48. The third-order valence-electron chi connectivity index (χ3n) is 5.83. The Kier molecular flexibility index (Phi) is 7.39. The minimum atomic E-state index is -5.08. The maximum absolute atomic E-state index is 12.7. The summed E-state index contributed by atoms with van der Waals surface area (Å²) < 4.78 is 36.8. The van der Waals surface area contributed by atoms with Crippen LogP contribution in [0.15, 0.2) is 47.5 Å². The lowest BCUT2D eigenvalue weighted by molar-refractivity contribution is -0.192. The molecule has 1 atom stereocenters. The van der Waals surface area contributed by atoms with Gasteiger partial charge in [0.2, 0.25) is 5.91 Å². The summed E-state index contributed by atoms with van der Waals surface area (Å²) >= 11 is 0. The van der Waals surface area contributed by atoms with Crippen molar-refractivity contribution in [3.8, 4) is 0 Å². The molecule has 4 heterocycles. The quantitative estimate of drug-likeness (QED) is 0.744. The van der Waals surface area contributed by atoms with Gasteiger partial charge in [0.05, 0.1) is 18.2 Å². The van der Waals surface area contributed by atoms with E-state index in [9.17, 15) is 22.8 Å². The molecule has 178 valence electrons. The van der Waals surface area contributed by atoms with E-state index in [0.717, 1.165) is 44.5 Å². The molecule has 2 aromatic rings. The highest BCUT2D eigenvalue weighted by molar-refractivity contribution is 5.94. The highest BCUT2D eigenvalue weighted by Gasteiger charge is 2.44. The van der Waals surface area contributed by atoms with E-state index in [-0.39, 0.29) is 17.2 Å². The van der Waals surface area contributed by atoms with Crippen LogP contribution in [0.4, 0.5) is 13.2 Å². The number of pyridine rings is 1. The zero-order chi connectivity index (χ0) is 24.1. The van der Waals surface area contributed by atoms with Crippen LogP contribution < -0.4 is 0 Å². The lowest BCUT2D eigenvalue weighted by Gasteiger charge is -2.40. The number of carboxylic acids is 1. The van der Waals surface area contributed by atoms with Crippen LogP contribution in [0, 0.1) is 5.41 Å². The number of aromatic nitrogens is 1. The number of piperidine rings is 1. The second kappa shape index (κ2) is 10.1. The summed E-state index contributed by atoms with van der Waals surface area (Å²) in [4.78, 5) is 42.1. The number of furan rings is 1. The van der Waals surface area contributed by atoms with E-state index in [0.29, 0.717) is 18.5 Å². The molecule has 4 rings (SSSR count). The Morgan fingerprint density at radius 2 is 1.85 bits per heavy atom. The topological polar surface area (TPSA) is 104 Å². The van der Waals surface area contributed by atoms with Gasteiger partial charge in [0.1, 0.15) is 6.26 Å². The maximum Gasteiger partial charge on any atom is 0.490 e. The first kappa shape index (κ1) is 24.3. The van der Waals surface area contributed by atoms with Gasteiger partial charge < -0.3 is 19.3 Å². The molecule has 0 radical (unpaired) electrons. The zero-order valence-corrected chi connectivity index (χ0v) is 17.8. The summed E-state index contributed by atoms with van der Waals surface area (Å²) in [5, 5.41) is 7.12. The third kappa shape index (κ3) is 6.33. The number of alkyl halides is 3. The molecule has 0 aromatic carbocycles. The van der Waals surface area contributed by atoms with E-state index in [1.807, 2.05) is 21.9 Å². The van der Waals surface area contributed by atoms with Crippen LogP contribution in [-0.4, -0.2) is 70.0 Å². The molecule has 0 bridgehead atoms. The standard InChI is InChI=1S/C20H23N3O3.C2HF3O2/c24-18(11-16-3-1-7-21-12-16)22-8-2-5-20(14-22)6-9-23(15-20)19(25)17-4-10-26-13-17;3-2(4,5)1(6)7/h1,3-4,7,10,12-13H,2,5-6,8-9,11,14-15H2;(H,6,7). The van der Waals surface area contributed by atoms with Crippen LogP contribution in [0.2, 0.25) is 0 Å². The molecule has 33 heavy (non-hydrogen) atoms. The number of amides is 2. The molecule has 1 spiro atoms. The van der Waals surface area contributed by atoms with Crippen molar-refractivity contribution in [3.05, 3.63) is 54.2 Å². The molecule has 8 nitrogen and oxygen atoms in total. The van der Waals surface area contributed by atoms with Gasteiger partial charge in [0.25, 0.3) is 5.91 Å². The number of halogens is 3. The normalized spacial score (nSPS) is 20.3. The Morgan fingerprint density at radius 3 is 2.45 bits per heavy atom. The number of carbonyl (C=O) groups is 3. The van der Waals surface area contributed by atoms with Gasteiger partial charge in [-0.3, -0.25) is 14.6 Å². The van der Waals surface area contributed by atoms with Crippen LogP contribution in [0.25, 0.3) is 0 Å². The maximum atomic E-state index is 12.7. The van der Waals surface area contributed by atoms with E-state index >= 15 is 0 Å². The molecule has 11 heteroatoms. The van der Waals surface area contributed by atoms with Crippen molar-refractivity contribution in [2.24, 2.45) is 5.41 Å². The van der Waals surface area contributed by atoms with Crippen LogP contribution in [-0.2, 0) is 16.0 Å². The Labute approximate surface area is 188 Å². The van der Waals surface area contributed by atoms with Crippen molar-refractivity contribution >= 4 is 17.8 Å². The predicted molar refractivity (Wildman–Crippen MR) is 109 cm³/mol. The highest BCUT2D eigenvalue weighted by Crippen LogP contribution is 2.39. The fraction of sp³-hybridized carbons (Fsp3) is 0.455. The Bertz CT molecular complexity index is 965. The number of hydrogen-bond acceptors (Lipinski definition) is 5. The van der Waals surface area contributed by atoms with Gasteiger partial charge in [-0.1, -0.05) is 6.07 Å². The average Bonchev–Trinajstić information content (AvgIpc) is 3.45. The van der Waals surface area contributed by atoms with E-state index < -0.39 is 12.1 Å². The highest BCUT2D eigenvalue weighted by atomic mass is 19.4. The molecule has 2 amide bonds. The third-order valence-corrected chi connectivity index (χ3v) is 5.83. The van der Waals surface area contributed by atoms with Crippen LogP contribution in [0.3, 0.4) is 0 Å². The number of carbonyl (C=O) groups excluding carboxylic acids is 2. The molecule has 2 aromatic heterocycles. The Balaban J connectivity index is 0.000000383. The smallest absolute Gasteiger partial charge is 0.475 e. The minimum Gasteiger partial charge on any atom is -0.475 e. The van der Waals surface area contributed by atoms with Crippen molar-refractivity contribution in [2.75, 3.05) is 26.2 Å². The van der Waals surface area contributed by atoms with E-state index in [1.54, 1.807) is 18.5 Å². The van der Waals surface area contributed by atoms with Gasteiger partial charge in [-0.2, -0.15) is 13.2 Å². The first-order chi connectivity index (χ1) is 15.6. The molecular weight excluding hydrogens is 443 g/mol. The van der Waals surface area contributed by atoms with E-state index in [1.165, 1.54) is 12.5 Å². The molecule has 2 aliphatic heterocycles. The lowest BCUT2D eigenvalue weighted by atomic mass is 9.79. The fourth-order valence-corrected chi connectivity index (χ4v) is 4.22. The van der Waals surface area contributed by atoms with Gasteiger partial charge in [-0.15, -0.1) is 0 Å². The van der Waals surface area contributed by atoms with Crippen molar-refractivity contribution in [3.63, 3.8) is 0 Å². The van der Waals surface area contributed by atoms with Crippen LogP contribution in [0.1, 0.15) is 35.2 Å². The van der Waals surface area contributed by atoms with Crippen molar-refractivity contribution in [1.29, 1.82) is 0 Å². The molecule has 2 fully saturated rings. The van der Waals surface area contributed by atoms with Crippen LogP contribution in [0.5, 0.6) is 0 Å². The van der Waals surface area contributed by atoms with Gasteiger partial charge in [0.15, 0.2) is 0 Å². The summed E-state index contributed by atoms with van der Waals surface area (Å²) in [6.45, 7) is 3.00. The summed E-state index contributed by atoms with van der Waals surface area (Å²) in [5.41, 5.74) is 1.57. The van der Waals surface area contributed by atoms with Gasteiger partial charge in [-0.05, 0) is 37.0 Å². The number of hydrogen-bond donors (Lipinski definition) is 1. The Morgan fingerprint density at radius 1 is 1.12 bits per heavy atom. The number of rotatable bonds is 3. The monoisotopic (exact) mass is 467 g/mol. The number of nitrogens with zero attached hydrogens (tertiary/aromatic N) is 3. The molecule has 2 aliphatic rings. The first-order valence-electron chi connectivity index (χ1n) is 10.4. The average molecular weight is 467 g/mol. The van der Waals surface area contributed by atoms with Gasteiger partial charge in [0, 0.05) is 44.0 Å². The molecule has 1 unspecified atom stereocenters. The summed E-state index contributed by atoms with van der Waals surface area (Å²) in [6.07, 6.45) is 4.81. The summed E-state index contributed by atoms with van der Waals surface area (Å²) in [7, 11) is 0. The summed E-state index contributed by atoms with van der Waals surface area (Å²) in [5.74, 6) is -2.58. The molecule has 0 aliphatic carbocycles. The Hall–Kier alpha value is -3.37. The number of carboxylic acid groups (broad SMARTS) is 1. The number of likely N-dealkylation sites (tertiary alicyclic amines) is 2. The second-order valence-electron chi connectivity index (χ2n) is 8.25. The van der Waals surface area contributed by atoms with Gasteiger partial charge >= 0.3 is 12.1 Å². The zero-order valence-electron chi connectivity index (χ0n) is 17.8. The fourth-order valence-electron chi connectivity index (χ4n) is 4.22. The van der Waals surface area contributed by atoms with Crippen molar-refractivity contribution < 1.29 is 37.1 Å². The van der Waals surface area contributed by atoms with E-state index in [4.69, 9.17) is 14.3 Å².